The van der Waals surface area contributed by atoms with Crippen LogP contribution in [0, 0.1) is 0 Å². The second kappa shape index (κ2) is 7.77. The molecule has 1 atom stereocenters. The van der Waals surface area contributed by atoms with E-state index < -0.39 is 0 Å². The Hall–Kier alpha value is -2.92. The van der Waals surface area contributed by atoms with Crippen LogP contribution in [0.1, 0.15) is 28.4 Å². The van der Waals surface area contributed by atoms with Gasteiger partial charge in [-0.1, -0.05) is 36.4 Å². The number of aliphatic hydroxyl groups excluding tert-OH is 1. The first kappa shape index (κ1) is 16.9. The number of nitrogens with zero attached hydrogens (tertiary/aromatic N) is 3. The highest BCUT2D eigenvalue weighted by Gasteiger charge is 2.22. The average Bonchev–Trinajstić information content (AvgIpc) is 3.20. The molecular weight excluding hydrogens is 314 g/mol. The normalized spacial score (nSPS) is 11.9. The van der Waals surface area contributed by atoms with Crippen molar-refractivity contribution >= 4 is 5.91 Å². The average molecular weight is 335 g/mol. The van der Waals surface area contributed by atoms with Gasteiger partial charge in [-0.15, -0.1) is 0 Å². The van der Waals surface area contributed by atoms with Crippen LogP contribution in [0.2, 0.25) is 0 Å². The third-order valence-electron chi connectivity index (χ3n) is 4.27. The van der Waals surface area contributed by atoms with Crippen LogP contribution < -0.4 is 0 Å². The van der Waals surface area contributed by atoms with Crippen LogP contribution in [0.5, 0.6) is 0 Å². The van der Waals surface area contributed by atoms with Crippen molar-refractivity contribution in [3.63, 3.8) is 0 Å². The van der Waals surface area contributed by atoms with E-state index in [0.717, 1.165) is 11.3 Å². The summed E-state index contributed by atoms with van der Waals surface area (Å²) in [5.41, 5.74) is 2.50. The highest BCUT2D eigenvalue weighted by molar-refractivity contribution is 5.94. The minimum atomic E-state index is -0.171. The smallest absolute Gasteiger partial charge is 0.254 e. The Morgan fingerprint density at radius 3 is 2.68 bits per heavy atom. The zero-order chi connectivity index (χ0) is 17.6. The number of imidazole rings is 1. The van der Waals surface area contributed by atoms with Crippen molar-refractivity contribution < 1.29 is 9.90 Å². The summed E-state index contributed by atoms with van der Waals surface area (Å²) >= 11 is 0. The molecule has 0 radical (unpaired) electrons. The third-order valence-corrected chi connectivity index (χ3v) is 4.27. The monoisotopic (exact) mass is 335 g/mol. The zero-order valence-electron chi connectivity index (χ0n) is 14.1. The summed E-state index contributed by atoms with van der Waals surface area (Å²) in [5, 5.41) is 9.42. The molecule has 1 N–H and O–H groups in total. The summed E-state index contributed by atoms with van der Waals surface area (Å²) < 4.78 is 1.86. The SMILES string of the molecule is CN(C(=O)c1cccc(-n2ccnc2)c1)C(CCO)c1ccccc1. The highest BCUT2D eigenvalue weighted by Crippen LogP contribution is 2.25. The molecule has 2 aromatic carbocycles. The molecule has 0 bridgehead atoms. The number of carbonyl (C=O) groups excluding carboxylic acids is 1. The van der Waals surface area contributed by atoms with Crippen LogP contribution in [0.3, 0.4) is 0 Å². The molecule has 1 aromatic heterocycles. The molecule has 5 heteroatoms. The Balaban J connectivity index is 1.87. The number of benzene rings is 2. The molecule has 128 valence electrons. The molecule has 0 saturated heterocycles. The number of hydrogen-bond donors (Lipinski definition) is 1. The van der Waals surface area contributed by atoms with E-state index >= 15 is 0 Å². The molecule has 0 aliphatic heterocycles. The van der Waals surface area contributed by atoms with E-state index in [1.165, 1.54) is 0 Å². The van der Waals surface area contributed by atoms with Gasteiger partial charge in [-0.05, 0) is 30.2 Å². The van der Waals surface area contributed by atoms with Crippen LogP contribution in [0.15, 0.2) is 73.3 Å². The van der Waals surface area contributed by atoms with E-state index in [4.69, 9.17) is 0 Å². The quantitative estimate of drug-likeness (QED) is 0.753. The van der Waals surface area contributed by atoms with E-state index in [1.807, 2.05) is 59.3 Å². The van der Waals surface area contributed by atoms with Gasteiger partial charge in [0.25, 0.3) is 5.91 Å². The standard InChI is InChI=1S/C20H21N3O2/c1-22(19(10-13-24)16-6-3-2-4-7-16)20(25)17-8-5-9-18(14-17)23-12-11-21-15-23/h2-9,11-12,14-15,19,24H,10,13H2,1H3. The van der Waals surface area contributed by atoms with E-state index in [2.05, 4.69) is 4.98 Å². The van der Waals surface area contributed by atoms with Crippen molar-refractivity contribution in [2.75, 3.05) is 13.7 Å². The molecule has 0 aliphatic rings. The van der Waals surface area contributed by atoms with Crippen LogP contribution in [0.4, 0.5) is 0 Å². The van der Waals surface area contributed by atoms with Crippen molar-refractivity contribution in [2.24, 2.45) is 0 Å². The predicted molar refractivity (Wildman–Crippen MR) is 96.5 cm³/mol. The maximum Gasteiger partial charge on any atom is 0.254 e. The van der Waals surface area contributed by atoms with Crippen molar-refractivity contribution in [2.45, 2.75) is 12.5 Å². The minimum Gasteiger partial charge on any atom is -0.396 e. The first-order valence-corrected chi connectivity index (χ1v) is 8.22. The van der Waals surface area contributed by atoms with Crippen molar-refractivity contribution in [3.05, 3.63) is 84.4 Å². The van der Waals surface area contributed by atoms with Gasteiger partial charge < -0.3 is 14.6 Å². The largest absolute Gasteiger partial charge is 0.396 e. The molecule has 0 aliphatic carbocycles. The first-order chi connectivity index (χ1) is 12.2. The number of carbonyl (C=O) groups is 1. The molecule has 1 heterocycles. The lowest BCUT2D eigenvalue weighted by Crippen LogP contribution is -2.32. The Bertz CT molecular complexity index is 816. The van der Waals surface area contributed by atoms with Gasteiger partial charge in [0.05, 0.1) is 12.4 Å². The molecule has 3 rings (SSSR count). The Kier molecular flexibility index (Phi) is 5.26. The van der Waals surface area contributed by atoms with Gasteiger partial charge >= 0.3 is 0 Å². The first-order valence-electron chi connectivity index (χ1n) is 8.22. The lowest BCUT2D eigenvalue weighted by atomic mass is 10.0. The van der Waals surface area contributed by atoms with Crippen LogP contribution in [-0.2, 0) is 0 Å². The van der Waals surface area contributed by atoms with Gasteiger partial charge in [0.15, 0.2) is 0 Å². The number of amides is 1. The predicted octanol–water partition coefficient (Wildman–Crippen LogP) is 3.07. The molecule has 0 saturated carbocycles. The molecule has 5 nitrogen and oxygen atoms in total. The lowest BCUT2D eigenvalue weighted by molar-refractivity contribution is 0.0705. The van der Waals surface area contributed by atoms with Gasteiger partial charge in [-0.25, -0.2) is 4.98 Å². The van der Waals surface area contributed by atoms with E-state index in [9.17, 15) is 9.90 Å². The summed E-state index contributed by atoms with van der Waals surface area (Å²) in [4.78, 5) is 18.7. The number of hydrogen-bond acceptors (Lipinski definition) is 3. The Morgan fingerprint density at radius 1 is 1.20 bits per heavy atom. The van der Waals surface area contributed by atoms with Crippen molar-refractivity contribution in [1.29, 1.82) is 0 Å². The summed E-state index contributed by atoms with van der Waals surface area (Å²) in [5.74, 6) is -0.0794. The summed E-state index contributed by atoms with van der Waals surface area (Å²) in [7, 11) is 1.78. The van der Waals surface area contributed by atoms with E-state index in [0.29, 0.717) is 12.0 Å². The lowest BCUT2D eigenvalue weighted by Gasteiger charge is -2.28. The minimum absolute atomic E-state index is 0.0201. The van der Waals surface area contributed by atoms with Gasteiger partial charge in [-0.3, -0.25) is 4.79 Å². The second-order valence-corrected chi connectivity index (χ2v) is 5.88. The van der Waals surface area contributed by atoms with Crippen molar-refractivity contribution in [1.82, 2.24) is 14.5 Å². The number of aliphatic hydroxyl groups is 1. The molecule has 1 amide bonds. The van der Waals surface area contributed by atoms with Gasteiger partial charge in [-0.2, -0.15) is 0 Å². The van der Waals surface area contributed by atoms with Gasteiger partial charge in [0.2, 0.25) is 0 Å². The molecule has 3 aromatic rings. The van der Waals surface area contributed by atoms with Gasteiger partial charge in [0, 0.05) is 37.3 Å². The van der Waals surface area contributed by atoms with Crippen LogP contribution in [0.25, 0.3) is 5.69 Å². The van der Waals surface area contributed by atoms with Crippen molar-refractivity contribution in [3.8, 4) is 5.69 Å². The number of aromatic nitrogens is 2. The Labute approximate surface area is 147 Å². The third kappa shape index (κ3) is 3.78. The van der Waals surface area contributed by atoms with E-state index in [-0.39, 0.29) is 18.6 Å². The van der Waals surface area contributed by atoms with Crippen LogP contribution >= 0.6 is 0 Å². The zero-order valence-corrected chi connectivity index (χ0v) is 14.1. The molecule has 1 unspecified atom stereocenters. The second-order valence-electron chi connectivity index (χ2n) is 5.88. The molecular formula is C20H21N3O2. The fourth-order valence-corrected chi connectivity index (χ4v) is 2.94. The highest BCUT2D eigenvalue weighted by atomic mass is 16.3. The summed E-state index contributed by atoms with van der Waals surface area (Å²) in [6, 6.07) is 17.1. The van der Waals surface area contributed by atoms with Gasteiger partial charge in [0.1, 0.15) is 0 Å². The fraction of sp³-hybridized carbons (Fsp3) is 0.200. The topological polar surface area (TPSA) is 58.4 Å². The maximum atomic E-state index is 13.0. The fourth-order valence-electron chi connectivity index (χ4n) is 2.94. The van der Waals surface area contributed by atoms with E-state index in [1.54, 1.807) is 30.5 Å². The van der Waals surface area contributed by atoms with Crippen LogP contribution in [-0.4, -0.2) is 39.1 Å². The molecule has 0 spiro atoms. The summed E-state index contributed by atoms with van der Waals surface area (Å²) in [6.45, 7) is 0.0201. The number of rotatable bonds is 6. The summed E-state index contributed by atoms with van der Waals surface area (Å²) in [6.07, 6.45) is 5.73. The molecule has 0 fully saturated rings. The molecule has 25 heavy (non-hydrogen) atoms. The maximum absolute atomic E-state index is 13.0. The Morgan fingerprint density at radius 2 is 2.00 bits per heavy atom.